The maximum absolute atomic E-state index is 6.16. The number of hydrogen-bond acceptors (Lipinski definition) is 2. The molecule has 90 valence electrons. The molecule has 1 atom stereocenters. The molecule has 0 fully saturated rings. The van der Waals surface area contributed by atoms with Crippen LogP contribution in [0.5, 0.6) is 0 Å². The highest BCUT2D eigenvalue weighted by atomic mass is 79.9. The molecular formula is C13H13BrClNS. The van der Waals surface area contributed by atoms with Gasteiger partial charge < -0.3 is 5.73 Å². The normalized spacial score (nSPS) is 12.6. The van der Waals surface area contributed by atoms with Crippen LogP contribution in [0.2, 0.25) is 5.02 Å². The molecule has 0 saturated heterocycles. The Labute approximate surface area is 119 Å². The van der Waals surface area contributed by atoms with Crippen molar-refractivity contribution < 1.29 is 0 Å². The summed E-state index contributed by atoms with van der Waals surface area (Å²) in [4.78, 5) is 1.31. The van der Waals surface area contributed by atoms with E-state index < -0.39 is 0 Å². The summed E-state index contributed by atoms with van der Waals surface area (Å²) in [6.07, 6.45) is 1.78. The molecule has 2 rings (SSSR count). The van der Waals surface area contributed by atoms with Gasteiger partial charge in [0.25, 0.3) is 0 Å². The average molecular weight is 331 g/mol. The molecule has 1 aromatic carbocycles. The Morgan fingerprint density at radius 2 is 1.88 bits per heavy atom. The van der Waals surface area contributed by atoms with Gasteiger partial charge in [0.1, 0.15) is 0 Å². The van der Waals surface area contributed by atoms with Gasteiger partial charge in [-0.3, -0.25) is 0 Å². The van der Waals surface area contributed by atoms with Crippen LogP contribution in [0.1, 0.15) is 10.4 Å². The topological polar surface area (TPSA) is 26.0 Å². The zero-order chi connectivity index (χ0) is 12.3. The van der Waals surface area contributed by atoms with Gasteiger partial charge in [0.2, 0.25) is 0 Å². The Kier molecular flexibility index (Phi) is 4.62. The van der Waals surface area contributed by atoms with Gasteiger partial charge in [-0.2, -0.15) is 0 Å². The first kappa shape index (κ1) is 13.1. The van der Waals surface area contributed by atoms with Gasteiger partial charge in [-0.25, -0.2) is 0 Å². The van der Waals surface area contributed by atoms with Crippen LogP contribution in [0.25, 0.3) is 0 Å². The fourth-order valence-electron chi connectivity index (χ4n) is 1.70. The van der Waals surface area contributed by atoms with Crippen molar-refractivity contribution in [3.8, 4) is 0 Å². The average Bonchev–Trinajstić information content (AvgIpc) is 2.68. The third-order valence-corrected chi connectivity index (χ3v) is 4.75. The smallest absolute Gasteiger partial charge is 0.0406 e. The Bertz CT molecular complexity index is 480. The summed E-state index contributed by atoms with van der Waals surface area (Å²) in [5, 5.41) is 2.84. The van der Waals surface area contributed by atoms with Gasteiger partial charge in [-0.15, -0.1) is 11.3 Å². The van der Waals surface area contributed by atoms with Crippen molar-refractivity contribution in [2.24, 2.45) is 5.73 Å². The van der Waals surface area contributed by atoms with Gasteiger partial charge in [0.05, 0.1) is 0 Å². The molecule has 4 heteroatoms. The molecule has 1 aromatic heterocycles. The van der Waals surface area contributed by atoms with Gasteiger partial charge in [0.15, 0.2) is 0 Å². The van der Waals surface area contributed by atoms with E-state index in [-0.39, 0.29) is 6.04 Å². The molecule has 0 aliphatic heterocycles. The summed E-state index contributed by atoms with van der Waals surface area (Å²) in [6.45, 7) is 0. The Morgan fingerprint density at radius 3 is 2.47 bits per heavy atom. The van der Waals surface area contributed by atoms with E-state index in [1.807, 2.05) is 24.3 Å². The largest absolute Gasteiger partial charge is 0.327 e. The Balaban J connectivity index is 1.95. The van der Waals surface area contributed by atoms with Crippen molar-refractivity contribution in [1.29, 1.82) is 0 Å². The van der Waals surface area contributed by atoms with Gasteiger partial charge in [0, 0.05) is 20.4 Å². The predicted octanol–water partition coefficient (Wildman–Crippen LogP) is 4.28. The number of halogens is 2. The summed E-state index contributed by atoms with van der Waals surface area (Å²) in [6, 6.07) is 10.1. The van der Waals surface area contributed by atoms with Crippen LogP contribution in [-0.2, 0) is 12.8 Å². The molecule has 1 unspecified atom stereocenters. The quantitative estimate of drug-likeness (QED) is 0.890. The molecule has 2 aromatic rings. The second-order valence-electron chi connectivity index (χ2n) is 3.99. The van der Waals surface area contributed by atoms with Crippen LogP contribution in [0.15, 0.2) is 40.2 Å². The van der Waals surface area contributed by atoms with Crippen molar-refractivity contribution in [1.82, 2.24) is 0 Å². The number of thiophene rings is 1. The van der Waals surface area contributed by atoms with Crippen molar-refractivity contribution >= 4 is 38.9 Å². The molecule has 0 saturated carbocycles. The fourth-order valence-corrected chi connectivity index (χ4v) is 3.44. The lowest BCUT2D eigenvalue weighted by molar-refractivity contribution is 0.669. The van der Waals surface area contributed by atoms with Crippen molar-refractivity contribution in [2.45, 2.75) is 18.9 Å². The van der Waals surface area contributed by atoms with Gasteiger partial charge >= 0.3 is 0 Å². The number of nitrogens with two attached hydrogens (primary N) is 1. The fraction of sp³-hybridized carbons (Fsp3) is 0.231. The number of hydrogen-bond donors (Lipinski definition) is 1. The molecule has 0 bridgehead atoms. The minimum atomic E-state index is 0.145. The molecule has 0 spiro atoms. The zero-order valence-electron chi connectivity index (χ0n) is 9.20. The summed E-state index contributed by atoms with van der Waals surface area (Å²) in [5.41, 5.74) is 7.39. The lowest BCUT2D eigenvalue weighted by Crippen LogP contribution is -2.25. The molecule has 0 radical (unpaired) electrons. The van der Waals surface area contributed by atoms with Gasteiger partial charge in [-0.05, 0) is 57.9 Å². The Morgan fingerprint density at radius 1 is 1.18 bits per heavy atom. The summed E-state index contributed by atoms with van der Waals surface area (Å²) < 4.78 is 1.16. The lowest BCUT2D eigenvalue weighted by Gasteiger charge is -2.11. The third-order valence-electron chi connectivity index (χ3n) is 2.55. The van der Waals surface area contributed by atoms with Crippen molar-refractivity contribution in [2.75, 3.05) is 0 Å². The van der Waals surface area contributed by atoms with E-state index in [1.165, 1.54) is 10.4 Å². The summed E-state index contributed by atoms with van der Waals surface area (Å²) in [7, 11) is 0. The van der Waals surface area contributed by atoms with Crippen molar-refractivity contribution in [3.05, 3.63) is 55.6 Å². The predicted molar refractivity (Wildman–Crippen MR) is 78.9 cm³/mol. The molecule has 2 N–H and O–H groups in total. The molecule has 0 aliphatic rings. The van der Waals surface area contributed by atoms with E-state index in [9.17, 15) is 0 Å². The monoisotopic (exact) mass is 329 g/mol. The molecular weight excluding hydrogens is 318 g/mol. The summed E-state index contributed by atoms with van der Waals surface area (Å²) >= 11 is 11.1. The van der Waals surface area contributed by atoms with E-state index in [0.717, 1.165) is 22.3 Å². The molecule has 0 aliphatic carbocycles. The maximum atomic E-state index is 6.16. The van der Waals surface area contributed by atoms with Gasteiger partial charge in [-0.1, -0.05) is 23.7 Å². The standard InChI is InChI=1S/C13H13BrClNS/c14-12-5-6-17-13(12)8-11(16)7-9-1-3-10(15)4-2-9/h1-6,11H,7-8,16H2. The second kappa shape index (κ2) is 6.01. The van der Waals surface area contributed by atoms with E-state index in [1.54, 1.807) is 11.3 Å². The number of benzene rings is 1. The zero-order valence-corrected chi connectivity index (χ0v) is 12.4. The minimum absolute atomic E-state index is 0.145. The van der Waals surface area contributed by atoms with Crippen LogP contribution in [0.4, 0.5) is 0 Å². The van der Waals surface area contributed by atoms with E-state index >= 15 is 0 Å². The molecule has 1 heterocycles. The summed E-state index contributed by atoms with van der Waals surface area (Å²) in [5.74, 6) is 0. The Hall–Kier alpha value is -0.350. The van der Waals surface area contributed by atoms with E-state index in [4.69, 9.17) is 17.3 Å². The number of rotatable bonds is 4. The molecule has 17 heavy (non-hydrogen) atoms. The van der Waals surface area contributed by atoms with Crippen LogP contribution in [0.3, 0.4) is 0 Å². The molecule has 0 amide bonds. The second-order valence-corrected chi connectivity index (χ2v) is 6.28. The highest BCUT2D eigenvalue weighted by molar-refractivity contribution is 9.10. The lowest BCUT2D eigenvalue weighted by atomic mass is 10.0. The molecule has 1 nitrogen and oxygen atoms in total. The van der Waals surface area contributed by atoms with Crippen LogP contribution in [0, 0.1) is 0 Å². The van der Waals surface area contributed by atoms with Crippen LogP contribution < -0.4 is 5.73 Å². The first-order valence-electron chi connectivity index (χ1n) is 5.37. The highest BCUT2D eigenvalue weighted by Crippen LogP contribution is 2.24. The third kappa shape index (κ3) is 3.81. The minimum Gasteiger partial charge on any atom is -0.327 e. The van der Waals surface area contributed by atoms with Crippen LogP contribution >= 0.6 is 38.9 Å². The first-order valence-corrected chi connectivity index (χ1v) is 7.42. The highest BCUT2D eigenvalue weighted by Gasteiger charge is 2.09. The maximum Gasteiger partial charge on any atom is 0.0406 e. The first-order chi connectivity index (χ1) is 8.15. The van der Waals surface area contributed by atoms with Crippen LogP contribution in [-0.4, -0.2) is 6.04 Å². The van der Waals surface area contributed by atoms with Crippen molar-refractivity contribution in [3.63, 3.8) is 0 Å². The van der Waals surface area contributed by atoms with E-state index in [0.29, 0.717) is 0 Å². The van der Waals surface area contributed by atoms with E-state index in [2.05, 4.69) is 27.4 Å². The SMILES string of the molecule is NC(Cc1ccc(Cl)cc1)Cc1sccc1Br.